The Balaban J connectivity index is 2.72. The molecule has 1 aromatic carbocycles. The lowest BCUT2D eigenvalue weighted by Gasteiger charge is -2.25. The highest BCUT2D eigenvalue weighted by Crippen LogP contribution is 2.22. The van der Waals surface area contributed by atoms with E-state index in [1.165, 1.54) is 0 Å². The summed E-state index contributed by atoms with van der Waals surface area (Å²) in [6.45, 7) is 4.13. The van der Waals surface area contributed by atoms with E-state index in [1.54, 1.807) is 6.92 Å². The van der Waals surface area contributed by atoms with Crippen LogP contribution in [-0.2, 0) is 11.3 Å². The molecule has 18 heavy (non-hydrogen) atoms. The third-order valence-corrected chi connectivity index (χ3v) is 4.37. The number of hydrogen-bond acceptors (Lipinski definition) is 2. The van der Waals surface area contributed by atoms with Gasteiger partial charge >= 0.3 is 0 Å². The summed E-state index contributed by atoms with van der Waals surface area (Å²) in [4.78, 5) is 12.4. The van der Waals surface area contributed by atoms with E-state index in [4.69, 9.17) is 18.0 Å². The minimum atomic E-state index is -0.781. The summed E-state index contributed by atoms with van der Waals surface area (Å²) in [6.07, 6.45) is 0.587. The van der Waals surface area contributed by atoms with Gasteiger partial charge in [-0.05, 0) is 25.0 Å². The lowest BCUT2D eigenvalue weighted by molar-refractivity contribution is -0.127. The maximum Gasteiger partial charge on any atom is 0.233 e. The van der Waals surface area contributed by atoms with Crippen molar-refractivity contribution < 1.29 is 4.79 Å². The van der Waals surface area contributed by atoms with Crippen molar-refractivity contribution >= 4 is 39.0 Å². The van der Waals surface area contributed by atoms with Gasteiger partial charge < -0.3 is 11.1 Å². The Morgan fingerprint density at radius 2 is 2.11 bits per heavy atom. The van der Waals surface area contributed by atoms with E-state index in [9.17, 15) is 4.79 Å². The third-order valence-electron chi connectivity index (χ3n) is 3.15. The van der Waals surface area contributed by atoms with Gasteiger partial charge in [-0.2, -0.15) is 0 Å². The molecule has 3 nitrogen and oxygen atoms in total. The molecule has 0 bridgehead atoms. The number of rotatable bonds is 5. The van der Waals surface area contributed by atoms with Crippen LogP contribution in [0, 0.1) is 5.41 Å². The normalized spacial score (nSPS) is 13.7. The van der Waals surface area contributed by atoms with Gasteiger partial charge in [-0.25, -0.2) is 0 Å². The molecule has 0 aliphatic heterocycles. The maximum absolute atomic E-state index is 12.1. The quantitative estimate of drug-likeness (QED) is 0.817. The van der Waals surface area contributed by atoms with Gasteiger partial charge in [0, 0.05) is 11.0 Å². The zero-order valence-electron chi connectivity index (χ0n) is 10.5. The van der Waals surface area contributed by atoms with Crippen molar-refractivity contribution in [2.24, 2.45) is 11.1 Å². The molecule has 0 spiro atoms. The molecule has 0 aliphatic rings. The van der Waals surface area contributed by atoms with Crippen molar-refractivity contribution in [3.8, 4) is 0 Å². The summed E-state index contributed by atoms with van der Waals surface area (Å²) in [5, 5.41) is 2.88. The van der Waals surface area contributed by atoms with E-state index in [1.807, 2.05) is 31.2 Å². The van der Waals surface area contributed by atoms with Gasteiger partial charge in [-0.15, -0.1) is 0 Å². The van der Waals surface area contributed by atoms with Gasteiger partial charge in [-0.1, -0.05) is 53.3 Å². The smallest absolute Gasteiger partial charge is 0.233 e. The second-order valence-corrected chi connectivity index (χ2v) is 5.62. The van der Waals surface area contributed by atoms with Gasteiger partial charge in [0.15, 0.2) is 0 Å². The SMILES string of the molecule is CCC(C)(C(=O)NCc1ccccc1Br)C(N)=S. The van der Waals surface area contributed by atoms with E-state index in [2.05, 4.69) is 21.2 Å². The highest BCUT2D eigenvalue weighted by Gasteiger charge is 2.34. The Morgan fingerprint density at radius 1 is 1.50 bits per heavy atom. The molecular weight excluding hydrogens is 312 g/mol. The van der Waals surface area contributed by atoms with Crippen LogP contribution in [0.3, 0.4) is 0 Å². The first kappa shape index (κ1) is 15.1. The summed E-state index contributed by atoms with van der Waals surface area (Å²) >= 11 is 8.41. The Labute approximate surface area is 121 Å². The second-order valence-electron chi connectivity index (χ2n) is 4.32. The number of carbonyl (C=O) groups excluding carboxylic acids is 1. The van der Waals surface area contributed by atoms with Gasteiger partial charge in [0.25, 0.3) is 0 Å². The largest absolute Gasteiger partial charge is 0.392 e. The summed E-state index contributed by atoms with van der Waals surface area (Å²) in [7, 11) is 0. The zero-order valence-corrected chi connectivity index (χ0v) is 12.9. The minimum Gasteiger partial charge on any atom is -0.392 e. The van der Waals surface area contributed by atoms with Crippen molar-refractivity contribution in [2.75, 3.05) is 0 Å². The van der Waals surface area contributed by atoms with Crippen LogP contribution in [0.4, 0.5) is 0 Å². The van der Waals surface area contributed by atoms with Crippen LogP contribution < -0.4 is 11.1 Å². The first-order chi connectivity index (χ1) is 8.41. The molecule has 1 rings (SSSR count). The van der Waals surface area contributed by atoms with Crippen molar-refractivity contribution in [1.82, 2.24) is 5.32 Å². The molecule has 0 radical (unpaired) electrons. The second kappa shape index (κ2) is 6.29. The average Bonchev–Trinajstić information content (AvgIpc) is 2.36. The molecule has 1 aromatic rings. The highest BCUT2D eigenvalue weighted by molar-refractivity contribution is 9.10. The van der Waals surface area contributed by atoms with Crippen molar-refractivity contribution in [2.45, 2.75) is 26.8 Å². The summed E-state index contributed by atoms with van der Waals surface area (Å²) in [5.41, 5.74) is 5.88. The number of halogens is 1. The van der Waals surface area contributed by atoms with E-state index in [-0.39, 0.29) is 10.9 Å². The Morgan fingerprint density at radius 3 is 2.61 bits per heavy atom. The number of nitrogens with one attached hydrogen (secondary N) is 1. The van der Waals surface area contributed by atoms with Gasteiger partial charge in [0.1, 0.15) is 0 Å². The highest BCUT2D eigenvalue weighted by atomic mass is 79.9. The van der Waals surface area contributed by atoms with E-state index < -0.39 is 5.41 Å². The first-order valence-electron chi connectivity index (χ1n) is 5.73. The molecule has 1 atom stereocenters. The van der Waals surface area contributed by atoms with Crippen LogP contribution in [0.5, 0.6) is 0 Å². The lowest BCUT2D eigenvalue weighted by Crippen LogP contribution is -2.46. The molecule has 0 aromatic heterocycles. The molecule has 0 fully saturated rings. The average molecular weight is 329 g/mol. The predicted octanol–water partition coefficient (Wildman–Crippen LogP) is 2.77. The molecule has 0 saturated heterocycles. The van der Waals surface area contributed by atoms with Crippen LogP contribution in [0.2, 0.25) is 0 Å². The fraction of sp³-hybridized carbons (Fsp3) is 0.385. The third kappa shape index (κ3) is 3.29. The molecule has 1 unspecified atom stereocenters. The van der Waals surface area contributed by atoms with Gasteiger partial charge in [-0.3, -0.25) is 4.79 Å². The molecular formula is C13H17BrN2OS. The number of hydrogen-bond donors (Lipinski definition) is 2. The first-order valence-corrected chi connectivity index (χ1v) is 6.93. The number of thiocarbonyl (C=S) groups is 1. The summed E-state index contributed by atoms with van der Waals surface area (Å²) in [6, 6.07) is 7.75. The van der Waals surface area contributed by atoms with Crippen LogP contribution in [0.25, 0.3) is 0 Å². The predicted molar refractivity (Wildman–Crippen MR) is 81.2 cm³/mol. The maximum atomic E-state index is 12.1. The number of benzene rings is 1. The molecule has 1 amide bonds. The molecule has 3 N–H and O–H groups in total. The molecule has 0 saturated carbocycles. The molecule has 5 heteroatoms. The standard InChI is InChI=1S/C13H17BrN2OS/c1-3-13(2,11(15)18)12(17)16-8-9-6-4-5-7-10(9)14/h4-7H,3,8H2,1-2H3,(H2,15,18)(H,16,17). The molecule has 0 aliphatic carbocycles. The Kier molecular flexibility index (Phi) is 5.28. The summed E-state index contributed by atoms with van der Waals surface area (Å²) < 4.78 is 0.971. The van der Waals surface area contributed by atoms with E-state index in [0.717, 1.165) is 10.0 Å². The molecule has 98 valence electrons. The van der Waals surface area contributed by atoms with Crippen LogP contribution >= 0.6 is 28.1 Å². The van der Waals surface area contributed by atoms with Crippen LogP contribution in [0.15, 0.2) is 28.7 Å². The Hall–Kier alpha value is -0.940. The fourth-order valence-electron chi connectivity index (χ4n) is 1.46. The van der Waals surface area contributed by atoms with Gasteiger partial charge in [0.05, 0.1) is 10.4 Å². The fourth-order valence-corrected chi connectivity index (χ4v) is 2.12. The number of amides is 1. The van der Waals surface area contributed by atoms with Crippen molar-refractivity contribution in [1.29, 1.82) is 0 Å². The summed E-state index contributed by atoms with van der Waals surface area (Å²) in [5.74, 6) is -0.131. The zero-order chi connectivity index (χ0) is 13.8. The lowest BCUT2D eigenvalue weighted by atomic mass is 9.86. The van der Waals surface area contributed by atoms with Gasteiger partial charge in [0.2, 0.25) is 5.91 Å². The van der Waals surface area contributed by atoms with Crippen molar-refractivity contribution in [3.05, 3.63) is 34.3 Å². The number of nitrogens with two attached hydrogens (primary N) is 1. The number of carbonyl (C=O) groups is 1. The molecule has 0 heterocycles. The van der Waals surface area contributed by atoms with E-state index in [0.29, 0.717) is 13.0 Å². The van der Waals surface area contributed by atoms with Crippen LogP contribution in [0.1, 0.15) is 25.8 Å². The van der Waals surface area contributed by atoms with E-state index >= 15 is 0 Å². The minimum absolute atomic E-state index is 0.131. The van der Waals surface area contributed by atoms with Crippen LogP contribution in [-0.4, -0.2) is 10.9 Å². The van der Waals surface area contributed by atoms with Crippen molar-refractivity contribution in [3.63, 3.8) is 0 Å². The Bertz CT molecular complexity index is 464. The monoisotopic (exact) mass is 328 g/mol. The topological polar surface area (TPSA) is 55.1 Å².